The lowest BCUT2D eigenvalue weighted by Gasteiger charge is -2.28. The van der Waals surface area contributed by atoms with Gasteiger partial charge in [-0.05, 0) is 49.7 Å². The summed E-state index contributed by atoms with van der Waals surface area (Å²) in [5, 5.41) is 8.74. The van der Waals surface area contributed by atoms with Gasteiger partial charge in [-0.2, -0.15) is 31.6 Å². The molecular weight excluding hydrogens is 400 g/mol. The lowest BCUT2D eigenvalue weighted by atomic mass is 9.83. The van der Waals surface area contributed by atoms with Crippen molar-refractivity contribution in [3.05, 3.63) is 64.7 Å². The second-order valence-electron chi connectivity index (χ2n) is 6.65. The maximum Gasteiger partial charge on any atom is 0.418 e. The number of carbonyl (C=O) groups is 1. The van der Waals surface area contributed by atoms with Crippen LogP contribution in [0.3, 0.4) is 0 Å². The van der Waals surface area contributed by atoms with Gasteiger partial charge in [-0.3, -0.25) is 15.6 Å². The molecule has 0 unspecified atom stereocenters. The highest BCUT2D eigenvalue weighted by Gasteiger charge is 2.48. The zero-order valence-electron chi connectivity index (χ0n) is 15.2. The molecule has 0 radical (unpaired) electrons. The standard InChI is InChI=1S/C19H15F6N3O/c1-17(2,19(23,24)25)13-6-4-12(5-7-13)16(29)28-27-15-8-3-11(10-26)9-14(15)18(20,21)22/h3-9,27H,1-2H3,(H,28,29). The van der Waals surface area contributed by atoms with Crippen LogP contribution in [0.1, 0.15) is 40.9 Å². The van der Waals surface area contributed by atoms with Gasteiger partial charge in [0.2, 0.25) is 0 Å². The minimum absolute atomic E-state index is 0.0542. The quantitative estimate of drug-likeness (QED) is 0.535. The fourth-order valence-corrected chi connectivity index (χ4v) is 2.36. The van der Waals surface area contributed by atoms with Gasteiger partial charge in [0.05, 0.1) is 28.3 Å². The number of benzene rings is 2. The van der Waals surface area contributed by atoms with Gasteiger partial charge in [0.25, 0.3) is 5.91 Å². The maximum absolute atomic E-state index is 13.1. The molecule has 29 heavy (non-hydrogen) atoms. The smallest absolute Gasteiger partial charge is 0.298 e. The van der Waals surface area contributed by atoms with Crippen molar-refractivity contribution in [3.8, 4) is 6.07 Å². The van der Waals surface area contributed by atoms with Gasteiger partial charge in [0.15, 0.2) is 0 Å². The van der Waals surface area contributed by atoms with E-state index >= 15 is 0 Å². The first-order chi connectivity index (χ1) is 13.3. The molecule has 4 nitrogen and oxygen atoms in total. The van der Waals surface area contributed by atoms with E-state index in [0.29, 0.717) is 6.07 Å². The molecule has 2 N–H and O–H groups in total. The van der Waals surface area contributed by atoms with Crippen LogP contribution in [0.15, 0.2) is 42.5 Å². The number of hydrogen-bond acceptors (Lipinski definition) is 3. The van der Waals surface area contributed by atoms with Gasteiger partial charge in [0, 0.05) is 5.56 Å². The third-order valence-corrected chi connectivity index (χ3v) is 4.34. The fraction of sp³-hybridized carbons (Fsp3) is 0.263. The van der Waals surface area contributed by atoms with Crippen LogP contribution in [-0.2, 0) is 11.6 Å². The van der Waals surface area contributed by atoms with Crippen LogP contribution in [0.4, 0.5) is 32.0 Å². The SMILES string of the molecule is CC(C)(c1ccc(C(=O)NNc2ccc(C#N)cc2C(F)(F)F)cc1)C(F)(F)F. The lowest BCUT2D eigenvalue weighted by Crippen LogP contribution is -2.36. The molecule has 0 fully saturated rings. The van der Waals surface area contributed by atoms with Crippen molar-refractivity contribution in [2.45, 2.75) is 31.6 Å². The van der Waals surface area contributed by atoms with Crippen LogP contribution >= 0.6 is 0 Å². The maximum atomic E-state index is 13.1. The number of carbonyl (C=O) groups excluding carboxylic acids is 1. The lowest BCUT2D eigenvalue weighted by molar-refractivity contribution is -0.180. The van der Waals surface area contributed by atoms with Crippen LogP contribution in [0.5, 0.6) is 0 Å². The largest absolute Gasteiger partial charge is 0.418 e. The van der Waals surface area contributed by atoms with E-state index in [4.69, 9.17) is 5.26 Å². The van der Waals surface area contributed by atoms with Crippen molar-refractivity contribution in [1.29, 1.82) is 5.26 Å². The molecule has 10 heteroatoms. The number of rotatable bonds is 4. The summed E-state index contributed by atoms with van der Waals surface area (Å²) in [4.78, 5) is 12.1. The Bertz CT molecular complexity index is 940. The molecule has 154 valence electrons. The van der Waals surface area contributed by atoms with Gasteiger partial charge in [0.1, 0.15) is 0 Å². The zero-order valence-corrected chi connectivity index (χ0v) is 15.2. The minimum Gasteiger partial charge on any atom is -0.298 e. The monoisotopic (exact) mass is 415 g/mol. The second kappa shape index (κ2) is 7.66. The molecule has 0 saturated heterocycles. The zero-order chi connectivity index (χ0) is 22.0. The highest BCUT2D eigenvalue weighted by atomic mass is 19.4. The van der Waals surface area contributed by atoms with E-state index in [2.05, 4.69) is 10.9 Å². The number of hydrazine groups is 1. The van der Waals surface area contributed by atoms with Crippen molar-refractivity contribution in [1.82, 2.24) is 5.43 Å². The molecule has 2 aromatic rings. The summed E-state index contributed by atoms with van der Waals surface area (Å²) in [5.41, 5.74) is 0.0807. The molecule has 0 saturated carbocycles. The Morgan fingerprint density at radius 2 is 1.55 bits per heavy atom. The number of halogens is 6. The second-order valence-corrected chi connectivity index (χ2v) is 6.65. The highest BCUT2D eigenvalue weighted by molar-refractivity contribution is 5.95. The molecule has 0 spiro atoms. The summed E-state index contributed by atoms with van der Waals surface area (Å²) in [6.45, 7) is 1.99. The predicted octanol–water partition coefficient (Wildman–Crippen LogP) is 5.17. The van der Waals surface area contributed by atoms with Crippen LogP contribution in [-0.4, -0.2) is 12.1 Å². The molecule has 0 aliphatic rings. The molecule has 1 amide bonds. The Labute approximate surface area is 162 Å². The summed E-state index contributed by atoms with van der Waals surface area (Å²) in [6.07, 6.45) is -9.27. The number of nitrogens with one attached hydrogen (secondary N) is 2. The van der Waals surface area contributed by atoms with E-state index in [1.165, 1.54) is 0 Å². The Balaban J connectivity index is 2.18. The topological polar surface area (TPSA) is 64.9 Å². The summed E-state index contributed by atoms with van der Waals surface area (Å²) in [6, 6.07) is 8.88. The van der Waals surface area contributed by atoms with Crippen molar-refractivity contribution >= 4 is 11.6 Å². The van der Waals surface area contributed by atoms with Crippen LogP contribution in [0.25, 0.3) is 0 Å². The predicted molar refractivity (Wildman–Crippen MR) is 92.8 cm³/mol. The Kier molecular flexibility index (Phi) is 5.83. The first kappa shape index (κ1) is 22.1. The average molecular weight is 415 g/mol. The van der Waals surface area contributed by atoms with Gasteiger partial charge >= 0.3 is 12.4 Å². The van der Waals surface area contributed by atoms with Gasteiger partial charge in [-0.1, -0.05) is 12.1 Å². The molecule has 0 bridgehead atoms. The molecule has 0 aliphatic carbocycles. The molecule has 0 aliphatic heterocycles. The van der Waals surface area contributed by atoms with E-state index in [1.807, 2.05) is 0 Å². The molecule has 2 rings (SSSR count). The summed E-state index contributed by atoms with van der Waals surface area (Å²) < 4.78 is 78.6. The summed E-state index contributed by atoms with van der Waals surface area (Å²) in [5.74, 6) is -0.848. The fourth-order valence-electron chi connectivity index (χ4n) is 2.36. The third kappa shape index (κ3) is 4.80. The molecule has 2 aromatic carbocycles. The summed E-state index contributed by atoms with van der Waals surface area (Å²) in [7, 11) is 0. The van der Waals surface area contributed by atoms with Crippen molar-refractivity contribution in [2.24, 2.45) is 0 Å². The Morgan fingerprint density at radius 1 is 0.966 bits per heavy atom. The Hall–Kier alpha value is -3.22. The summed E-state index contributed by atoms with van der Waals surface area (Å²) >= 11 is 0. The average Bonchev–Trinajstić information content (AvgIpc) is 2.64. The molecular formula is C19H15F6N3O. The number of hydrogen-bond donors (Lipinski definition) is 2. The van der Waals surface area contributed by atoms with Crippen molar-refractivity contribution < 1.29 is 31.1 Å². The Morgan fingerprint density at radius 3 is 2.03 bits per heavy atom. The van der Waals surface area contributed by atoms with E-state index in [0.717, 1.165) is 50.2 Å². The van der Waals surface area contributed by atoms with Crippen LogP contribution in [0, 0.1) is 11.3 Å². The third-order valence-electron chi connectivity index (χ3n) is 4.34. The van der Waals surface area contributed by atoms with E-state index < -0.39 is 34.9 Å². The highest BCUT2D eigenvalue weighted by Crippen LogP contribution is 2.40. The van der Waals surface area contributed by atoms with Crippen molar-refractivity contribution in [2.75, 3.05) is 5.43 Å². The number of nitrogens with zero attached hydrogens (tertiary/aromatic N) is 1. The normalized spacial score (nSPS) is 12.2. The molecule has 0 heterocycles. The number of alkyl halides is 6. The van der Waals surface area contributed by atoms with Crippen LogP contribution in [0.2, 0.25) is 0 Å². The molecule has 0 aromatic heterocycles. The van der Waals surface area contributed by atoms with Crippen LogP contribution < -0.4 is 10.9 Å². The number of nitriles is 1. The van der Waals surface area contributed by atoms with Gasteiger partial charge < -0.3 is 0 Å². The van der Waals surface area contributed by atoms with Gasteiger partial charge in [-0.15, -0.1) is 0 Å². The van der Waals surface area contributed by atoms with E-state index in [1.54, 1.807) is 6.07 Å². The van der Waals surface area contributed by atoms with E-state index in [9.17, 15) is 31.1 Å². The van der Waals surface area contributed by atoms with Crippen molar-refractivity contribution in [3.63, 3.8) is 0 Å². The first-order valence-corrected chi connectivity index (χ1v) is 8.12. The minimum atomic E-state index is -4.77. The van der Waals surface area contributed by atoms with E-state index in [-0.39, 0.29) is 16.7 Å². The van der Waals surface area contributed by atoms with Gasteiger partial charge in [-0.25, -0.2) is 0 Å². The number of anilines is 1. The molecule has 0 atom stereocenters. The first-order valence-electron chi connectivity index (χ1n) is 8.12. The number of amides is 1.